The number of rotatable bonds is 5. The Bertz CT molecular complexity index is 896. The summed E-state index contributed by atoms with van der Waals surface area (Å²) in [4.78, 5) is 17.4. The van der Waals surface area contributed by atoms with Crippen molar-refractivity contribution in [2.45, 2.75) is 58.4 Å². The number of hydrogen-bond donors (Lipinski definition) is 0. The second-order valence-corrected chi connectivity index (χ2v) is 10.0. The second kappa shape index (κ2) is 11.6. The minimum Gasteiger partial charge on any atom is -0.360 e. The first-order valence-corrected chi connectivity index (χ1v) is 12.4. The first-order chi connectivity index (χ1) is 15.0. The SMILES string of the molecule is C.O=C(CCC1CCCCC1)N1CCN(c2ccc(Cl)cc2Cl)[C@H](c2ccc(Cl)cc2)C1. The van der Waals surface area contributed by atoms with E-state index in [0.29, 0.717) is 34.6 Å². The lowest BCUT2D eigenvalue weighted by Gasteiger charge is -2.43. The molecule has 1 aliphatic heterocycles. The fourth-order valence-electron chi connectivity index (χ4n) is 4.94. The molecule has 0 unspecified atom stereocenters. The Morgan fingerprint density at radius 2 is 1.59 bits per heavy atom. The second-order valence-electron chi connectivity index (χ2n) is 8.74. The number of piperazine rings is 1. The number of anilines is 1. The van der Waals surface area contributed by atoms with Gasteiger partial charge in [-0.3, -0.25) is 4.79 Å². The summed E-state index contributed by atoms with van der Waals surface area (Å²) in [7, 11) is 0. The van der Waals surface area contributed by atoms with Crippen molar-refractivity contribution in [1.29, 1.82) is 0 Å². The van der Waals surface area contributed by atoms with Crippen LogP contribution in [0.15, 0.2) is 42.5 Å². The Morgan fingerprint density at radius 3 is 2.28 bits per heavy atom. The zero-order valence-corrected chi connectivity index (χ0v) is 20.0. The number of nitrogens with zero attached hydrogens (tertiary/aromatic N) is 2. The molecule has 1 saturated heterocycles. The molecule has 2 aromatic carbocycles. The summed E-state index contributed by atoms with van der Waals surface area (Å²) in [5.41, 5.74) is 2.07. The van der Waals surface area contributed by atoms with Crippen LogP contribution < -0.4 is 4.90 Å². The van der Waals surface area contributed by atoms with Crippen molar-refractivity contribution in [3.63, 3.8) is 0 Å². The van der Waals surface area contributed by atoms with Gasteiger partial charge in [-0.2, -0.15) is 0 Å². The molecule has 174 valence electrons. The maximum atomic E-state index is 13.1. The van der Waals surface area contributed by atoms with E-state index in [1.54, 1.807) is 6.07 Å². The lowest BCUT2D eigenvalue weighted by molar-refractivity contribution is -0.132. The molecular formula is C26H33Cl3N2O. The molecule has 4 rings (SSSR count). The van der Waals surface area contributed by atoms with Crippen molar-refractivity contribution >= 4 is 46.4 Å². The molecular weight excluding hydrogens is 463 g/mol. The Morgan fingerprint density at radius 1 is 0.906 bits per heavy atom. The van der Waals surface area contributed by atoms with E-state index in [4.69, 9.17) is 34.8 Å². The van der Waals surface area contributed by atoms with Crippen molar-refractivity contribution in [3.8, 4) is 0 Å². The van der Waals surface area contributed by atoms with E-state index >= 15 is 0 Å². The van der Waals surface area contributed by atoms with Gasteiger partial charge in [-0.15, -0.1) is 0 Å². The van der Waals surface area contributed by atoms with Crippen molar-refractivity contribution in [1.82, 2.24) is 4.90 Å². The standard InChI is InChI=1S/C25H29Cl3N2O.CH4/c26-20-9-7-19(8-10-20)24-17-29(25(31)13-6-18-4-2-1-3-5-18)14-15-30(24)23-12-11-21(27)16-22(23)28;/h7-12,16,18,24H,1-6,13-15,17H2;1H4/t24-;/m0./s1. The average molecular weight is 496 g/mol. The van der Waals surface area contributed by atoms with Gasteiger partial charge in [0.15, 0.2) is 0 Å². The van der Waals surface area contributed by atoms with E-state index < -0.39 is 0 Å². The van der Waals surface area contributed by atoms with Crippen LogP contribution in [0.2, 0.25) is 15.1 Å². The number of carbonyl (C=O) groups excluding carboxylic acids is 1. The van der Waals surface area contributed by atoms with Crippen LogP contribution in [0.3, 0.4) is 0 Å². The van der Waals surface area contributed by atoms with E-state index in [-0.39, 0.29) is 19.4 Å². The summed E-state index contributed by atoms with van der Waals surface area (Å²) in [6.07, 6.45) is 8.22. The topological polar surface area (TPSA) is 23.6 Å². The maximum Gasteiger partial charge on any atom is 0.222 e. The average Bonchev–Trinajstić information content (AvgIpc) is 2.78. The molecule has 0 N–H and O–H groups in total. The first-order valence-electron chi connectivity index (χ1n) is 11.3. The molecule has 0 spiro atoms. The summed E-state index contributed by atoms with van der Waals surface area (Å²) in [6.45, 7) is 2.07. The van der Waals surface area contributed by atoms with Crippen LogP contribution in [-0.4, -0.2) is 30.4 Å². The molecule has 2 fully saturated rings. The Labute approximate surface area is 207 Å². The molecule has 1 heterocycles. The van der Waals surface area contributed by atoms with Crippen LogP contribution in [0.1, 0.15) is 64.0 Å². The molecule has 3 nitrogen and oxygen atoms in total. The van der Waals surface area contributed by atoms with E-state index in [9.17, 15) is 4.79 Å². The van der Waals surface area contributed by atoms with Gasteiger partial charge in [0.1, 0.15) is 0 Å². The van der Waals surface area contributed by atoms with Crippen LogP contribution in [0, 0.1) is 5.92 Å². The van der Waals surface area contributed by atoms with Crippen LogP contribution in [0.5, 0.6) is 0 Å². The smallest absolute Gasteiger partial charge is 0.222 e. The minimum atomic E-state index is 0. The summed E-state index contributed by atoms with van der Waals surface area (Å²) in [5.74, 6) is 0.991. The quantitative estimate of drug-likeness (QED) is 0.419. The van der Waals surface area contributed by atoms with Gasteiger partial charge >= 0.3 is 0 Å². The third-order valence-corrected chi connectivity index (χ3v) is 7.49. The lowest BCUT2D eigenvalue weighted by Crippen LogP contribution is -2.50. The zero-order chi connectivity index (χ0) is 21.8. The van der Waals surface area contributed by atoms with Crippen molar-refractivity contribution in [2.75, 3.05) is 24.5 Å². The highest BCUT2D eigenvalue weighted by molar-refractivity contribution is 6.36. The lowest BCUT2D eigenvalue weighted by atomic mass is 9.86. The van der Waals surface area contributed by atoms with Gasteiger partial charge in [0, 0.05) is 36.1 Å². The third-order valence-electron chi connectivity index (χ3n) is 6.70. The molecule has 0 bridgehead atoms. The number of halogens is 3. The molecule has 2 aliphatic rings. The fourth-order valence-corrected chi connectivity index (χ4v) is 5.59. The predicted octanol–water partition coefficient (Wildman–Crippen LogP) is 8.03. The van der Waals surface area contributed by atoms with Crippen LogP contribution in [0.25, 0.3) is 0 Å². The highest BCUT2D eigenvalue weighted by Crippen LogP contribution is 2.37. The van der Waals surface area contributed by atoms with E-state index in [1.807, 2.05) is 41.3 Å². The van der Waals surface area contributed by atoms with Crippen molar-refractivity contribution in [2.24, 2.45) is 5.92 Å². The molecule has 32 heavy (non-hydrogen) atoms. The molecule has 1 aliphatic carbocycles. The fraction of sp³-hybridized carbons (Fsp3) is 0.500. The normalized spacial score (nSPS) is 19.5. The number of benzene rings is 2. The first kappa shape index (κ1) is 25.2. The Hall–Kier alpha value is -1.42. The Balaban J connectivity index is 0.00000289. The number of carbonyl (C=O) groups is 1. The number of amides is 1. The molecule has 6 heteroatoms. The van der Waals surface area contributed by atoms with E-state index in [0.717, 1.165) is 30.1 Å². The summed E-state index contributed by atoms with van der Waals surface area (Å²) in [6, 6.07) is 13.5. The monoisotopic (exact) mass is 494 g/mol. The summed E-state index contributed by atoms with van der Waals surface area (Å²) < 4.78 is 0. The van der Waals surface area contributed by atoms with Gasteiger partial charge in [-0.25, -0.2) is 0 Å². The van der Waals surface area contributed by atoms with Crippen LogP contribution in [0.4, 0.5) is 5.69 Å². The highest BCUT2D eigenvalue weighted by atomic mass is 35.5. The summed E-state index contributed by atoms with van der Waals surface area (Å²) in [5, 5.41) is 1.95. The molecule has 1 atom stereocenters. The van der Waals surface area contributed by atoms with Gasteiger partial charge in [0.2, 0.25) is 5.91 Å². The van der Waals surface area contributed by atoms with E-state index in [1.165, 1.54) is 32.1 Å². The molecule has 2 aromatic rings. The maximum absolute atomic E-state index is 13.1. The predicted molar refractivity (Wildman–Crippen MR) is 137 cm³/mol. The molecule has 1 amide bonds. The third kappa shape index (κ3) is 6.12. The highest BCUT2D eigenvalue weighted by Gasteiger charge is 2.32. The van der Waals surface area contributed by atoms with Crippen molar-refractivity contribution in [3.05, 3.63) is 63.1 Å². The molecule has 0 aromatic heterocycles. The van der Waals surface area contributed by atoms with Gasteiger partial charge < -0.3 is 9.80 Å². The van der Waals surface area contributed by atoms with Gasteiger partial charge in [0.05, 0.1) is 16.8 Å². The van der Waals surface area contributed by atoms with Gasteiger partial charge in [-0.05, 0) is 48.2 Å². The molecule has 0 radical (unpaired) electrons. The van der Waals surface area contributed by atoms with Crippen molar-refractivity contribution < 1.29 is 4.79 Å². The molecule has 1 saturated carbocycles. The zero-order valence-electron chi connectivity index (χ0n) is 17.7. The van der Waals surface area contributed by atoms with Crippen LogP contribution in [-0.2, 0) is 4.79 Å². The summed E-state index contributed by atoms with van der Waals surface area (Å²) >= 11 is 18.8. The van der Waals surface area contributed by atoms with E-state index in [2.05, 4.69) is 4.90 Å². The largest absolute Gasteiger partial charge is 0.360 e. The van der Waals surface area contributed by atoms with Gasteiger partial charge in [-0.1, -0.05) is 86.5 Å². The Kier molecular flexibility index (Phi) is 9.16. The number of hydrogen-bond acceptors (Lipinski definition) is 2. The van der Waals surface area contributed by atoms with Gasteiger partial charge in [0.25, 0.3) is 0 Å². The minimum absolute atomic E-state index is 0. The van der Waals surface area contributed by atoms with Crippen LogP contribution >= 0.6 is 34.8 Å².